The fourth-order valence-electron chi connectivity index (χ4n) is 5.56. The Bertz CT molecular complexity index is 978. The largest absolute Gasteiger partial charge is 0.369 e. The van der Waals surface area contributed by atoms with Gasteiger partial charge in [-0.25, -0.2) is 0 Å². The summed E-state index contributed by atoms with van der Waals surface area (Å²) in [5.41, 5.74) is 7.20. The van der Waals surface area contributed by atoms with Gasteiger partial charge in [0.1, 0.15) is 24.8 Å². The van der Waals surface area contributed by atoms with Gasteiger partial charge in [-0.3, -0.25) is 19.3 Å². The Morgan fingerprint density at radius 2 is 1.74 bits per heavy atom. The maximum Gasteiger partial charge on any atom is 0.251 e. The molecule has 9 heteroatoms. The minimum absolute atomic E-state index is 0.0265. The van der Waals surface area contributed by atoms with E-state index in [1.165, 1.54) is 17.7 Å². The SMILES string of the molecule is CC(C)(C)C(NC(=O)c1ccc(N2CCN(C3CC3)CC2)cc1)C(=O)N1C[C@H](N)[C@H]2OCC(=O)[C@H]21. The molecule has 2 amide bonds. The van der Waals surface area contributed by atoms with Crippen LogP contribution in [0.15, 0.2) is 24.3 Å². The van der Waals surface area contributed by atoms with Gasteiger partial charge >= 0.3 is 0 Å². The number of Topliss-reactive ketones (excluding diaryl/α,β-unsaturated/α-hetero) is 1. The summed E-state index contributed by atoms with van der Waals surface area (Å²) in [6.45, 7) is 10.1. The van der Waals surface area contributed by atoms with Crippen LogP contribution in [0.2, 0.25) is 0 Å². The zero-order chi connectivity index (χ0) is 24.9. The van der Waals surface area contributed by atoms with Gasteiger partial charge in [0.2, 0.25) is 5.91 Å². The first-order chi connectivity index (χ1) is 16.6. The third-order valence-electron chi connectivity index (χ3n) is 7.77. The number of ketones is 1. The van der Waals surface area contributed by atoms with Crippen molar-refractivity contribution in [2.75, 3.05) is 44.2 Å². The van der Waals surface area contributed by atoms with E-state index in [9.17, 15) is 14.4 Å². The average molecular weight is 484 g/mol. The number of benzene rings is 1. The predicted molar refractivity (Wildman–Crippen MR) is 132 cm³/mol. The molecule has 3 aliphatic heterocycles. The number of hydrogen-bond donors (Lipinski definition) is 2. The van der Waals surface area contributed by atoms with Crippen LogP contribution in [-0.2, 0) is 14.3 Å². The molecule has 0 aromatic heterocycles. The van der Waals surface area contributed by atoms with E-state index in [1.807, 2.05) is 45.0 Å². The minimum atomic E-state index is -0.801. The Balaban J connectivity index is 1.25. The van der Waals surface area contributed by atoms with E-state index in [1.54, 1.807) is 0 Å². The zero-order valence-electron chi connectivity index (χ0n) is 20.9. The lowest BCUT2D eigenvalue weighted by Crippen LogP contribution is -2.57. The second-order valence-electron chi connectivity index (χ2n) is 11.4. The minimum Gasteiger partial charge on any atom is -0.369 e. The second kappa shape index (κ2) is 9.19. The summed E-state index contributed by atoms with van der Waals surface area (Å²) in [4.78, 5) is 45.6. The number of likely N-dealkylation sites (tertiary alicyclic amines) is 1. The van der Waals surface area contributed by atoms with E-state index in [-0.39, 0.29) is 30.7 Å². The summed E-state index contributed by atoms with van der Waals surface area (Å²) in [5.74, 6) is -0.737. The van der Waals surface area contributed by atoms with Gasteiger partial charge in [-0.05, 0) is 42.5 Å². The van der Waals surface area contributed by atoms with Crippen molar-refractivity contribution in [2.24, 2.45) is 11.1 Å². The van der Waals surface area contributed by atoms with Crippen molar-refractivity contribution in [3.8, 4) is 0 Å². The molecule has 35 heavy (non-hydrogen) atoms. The highest BCUT2D eigenvalue weighted by molar-refractivity contribution is 5.99. The molecule has 1 aromatic rings. The van der Waals surface area contributed by atoms with Crippen LogP contribution in [0.5, 0.6) is 0 Å². The van der Waals surface area contributed by atoms with E-state index in [4.69, 9.17) is 10.5 Å². The van der Waals surface area contributed by atoms with Crippen molar-refractivity contribution in [1.82, 2.24) is 15.1 Å². The molecule has 0 radical (unpaired) electrons. The molecule has 1 aliphatic carbocycles. The summed E-state index contributed by atoms with van der Waals surface area (Å²) < 4.78 is 5.52. The van der Waals surface area contributed by atoms with Gasteiger partial charge in [-0.2, -0.15) is 0 Å². The molecule has 4 fully saturated rings. The van der Waals surface area contributed by atoms with E-state index >= 15 is 0 Å². The van der Waals surface area contributed by atoms with Crippen LogP contribution < -0.4 is 16.0 Å². The lowest BCUT2D eigenvalue weighted by Gasteiger charge is -2.36. The molecule has 1 aromatic carbocycles. The molecular weight excluding hydrogens is 446 g/mol. The number of nitrogens with zero attached hydrogens (tertiary/aromatic N) is 3. The van der Waals surface area contributed by atoms with Crippen molar-refractivity contribution < 1.29 is 19.1 Å². The van der Waals surface area contributed by atoms with Gasteiger partial charge in [0, 0.05) is 50.0 Å². The monoisotopic (exact) mass is 483 g/mol. The first kappa shape index (κ1) is 24.2. The molecule has 9 nitrogen and oxygen atoms in total. The number of carbonyl (C=O) groups excluding carboxylic acids is 3. The van der Waals surface area contributed by atoms with Crippen molar-refractivity contribution in [3.05, 3.63) is 29.8 Å². The zero-order valence-corrected chi connectivity index (χ0v) is 20.9. The summed E-state index contributed by atoms with van der Waals surface area (Å²) in [6.07, 6.45) is 2.19. The first-order valence-electron chi connectivity index (χ1n) is 12.7. The Hall–Kier alpha value is -2.49. The number of piperazine rings is 1. The maximum absolute atomic E-state index is 13.6. The van der Waals surface area contributed by atoms with Crippen molar-refractivity contribution in [3.63, 3.8) is 0 Å². The van der Waals surface area contributed by atoms with Crippen molar-refractivity contribution in [1.29, 1.82) is 0 Å². The van der Waals surface area contributed by atoms with Gasteiger partial charge in [0.25, 0.3) is 5.91 Å². The van der Waals surface area contributed by atoms with E-state index < -0.39 is 29.6 Å². The Kier molecular flexibility index (Phi) is 6.35. The lowest BCUT2D eigenvalue weighted by molar-refractivity contribution is -0.140. The third-order valence-corrected chi connectivity index (χ3v) is 7.77. The molecule has 1 saturated carbocycles. The van der Waals surface area contributed by atoms with Gasteiger partial charge < -0.3 is 25.6 Å². The number of nitrogens with one attached hydrogen (secondary N) is 1. The lowest BCUT2D eigenvalue weighted by atomic mass is 9.85. The fourth-order valence-corrected chi connectivity index (χ4v) is 5.56. The molecule has 4 atom stereocenters. The van der Waals surface area contributed by atoms with Gasteiger partial charge in [-0.1, -0.05) is 20.8 Å². The van der Waals surface area contributed by atoms with Crippen molar-refractivity contribution >= 4 is 23.3 Å². The smallest absolute Gasteiger partial charge is 0.251 e. The molecule has 4 aliphatic rings. The number of anilines is 1. The van der Waals surface area contributed by atoms with Gasteiger partial charge in [-0.15, -0.1) is 0 Å². The van der Waals surface area contributed by atoms with E-state index in [2.05, 4.69) is 15.1 Å². The highest BCUT2D eigenvalue weighted by atomic mass is 16.5. The summed E-state index contributed by atoms with van der Waals surface area (Å²) in [5, 5.41) is 2.94. The number of hydrogen-bond acceptors (Lipinski definition) is 7. The van der Waals surface area contributed by atoms with E-state index in [0.29, 0.717) is 5.56 Å². The third kappa shape index (κ3) is 4.81. The standard InChI is InChI=1S/C26H37N5O4/c1-26(2,3)23(25(34)31-14-19(27)22-21(31)20(32)15-35-22)28-24(33)16-4-6-17(7-5-16)29-10-12-30(13-11-29)18-8-9-18/h4-7,18-19,21-23H,8-15,27H2,1-3H3,(H,28,33)/t19-,21+,22+,23?/m0/s1. The number of rotatable bonds is 5. The maximum atomic E-state index is 13.6. The average Bonchev–Trinajstić information content (AvgIpc) is 3.54. The van der Waals surface area contributed by atoms with Crippen LogP contribution in [-0.4, -0.2) is 97.0 Å². The molecule has 5 rings (SSSR count). The van der Waals surface area contributed by atoms with Crippen LogP contribution in [0, 0.1) is 5.41 Å². The van der Waals surface area contributed by atoms with Crippen LogP contribution in [0.1, 0.15) is 44.0 Å². The molecule has 0 bridgehead atoms. The number of ether oxygens (including phenoxy) is 1. The topological polar surface area (TPSA) is 108 Å². The highest BCUT2D eigenvalue weighted by Gasteiger charge is 2.53. The Morgan fingerprint density at radius 3 is 2.34 bits per heavy atom. The van der Waals surface area contributed by atoms with Crippen LogP contribution in [0.4, 0.5) is 5.69 Å². The van der Waals surface area contributed by atoms with Crippen LogP contribution in [0.3, 0.4) is 0 Å². The molecule has 3 saturated heterocycles. The Labute approximate surface area is 206 Å². The molecule has 0 spiro atoms. The van der Waals surface area contributed by atoms with Gasteiger partial charge in [0.05, 0.1) is 6.04 Å². The van der Waals surface area contributed by atoms with Crippen LogP contribution in [0.25, 0.3) is 0 Å². The number of fused-ring (bicyclic) bond motifs is 1. The summed E-state index contributed by atoms with van der Waals surface area (Å²) in [7, 11) is 0. The highest BCUT2D eigenvalue weighted by Crippen LogP contribution is 2.31. The molecule has 3 N–H and O–H groups in total. The van der Waals surface area contributed by atoms with E-state index in [0.717, 1.165) is 37.9 Å². The van der Waals surface area contributed by atoms with Gasteiger partial charge in [0.15, 0.2) is 5.78 Å². The van der Waals surface area contributed by atoms with Crippen LogP contribution >= 0.6 is 0 Å². The molecule has 3 heterocycles. The van der Waals surface area contributed by atoms with Crippen molar-refractivity contribution in [2.45, 2.75) is 63.9 Å². The summed E-state index contributed by atoms with van der Waals surface area (Å²) >= 11 is 0. The number of nitrogens with two attached hydrogens (primary N) is 1. The normalized spacial score (nSPS) is 28.2. The fraction of sp³-hybridized carbons (Fsp3) is 0.654. The second-order valence-corrected chi connectivity index (χ2v) is 11.4. The Morgan fingerprint density at radius 1 is 1.09 bits per heavy atom. The quantitative estimate of drug-likeness (QED) is 0.632. The molecule has 1 unspecified atom stereocenters. The molecule has 190 valence electrons. The predicted octanol–water partition coefficient (Wildman–Crippen LogP) is 0.622. The molecular formula is C26H37N5O4. The number of carbonyl (C=O) groups is 3. The first-order valence-corrected chi connectivity index (χ1v) is 12.7. The summed E-state index contributed by atoms with van der Waals surface area (Å²) in [6, 6.07) is 6.51. The number of amides is 2.